The van der Waals surface area contributed by atoms with Crippen LogP contribution in [-0.2, 0) is 4.79 Å². The van der Waals surface area contributed by atoms with Crippen LogP contribution in [0.4, 0.5) is 5.69 Å². The Morgan fingerprint density at radius 2 is 1.83 bits per heavy atom. The summed E-state index contributed by atoms with van der Waals surface area (Å²) in [6.07, 6.45) is 3.98. The second kappa shape index (κ2) is 8.50. The molecular formula is C18H24N2OS2. The van der Waals surface area contributed by atoms with Crippen LogP contribution >= 0.6 is 24.0 Å². The lowest BCUT2D eigenvalue weighted by Crippen LogP contribution is -2.28. The Morgan fingerprint density at radius 1 is 1.17 bits per heavy atom. The first-order valence-electron chi connectivity index (χ1n) is 8.21. The molecule has 3 nitrogen and oxygen atoms in total. The van der Waals surface area contributed by atoms with Crippen LogP contribution in [0.25, 0.3) is 6.08 Å². The first-order chi connectivity index (χ1) is 11.1. The number of nitrogens with zero attached hydrogens (tertiary/aromatic N) is 2. The van der Waals surface area contributed by atoms with Crippen molar-refractivity contribution in [2.75, 3.05) is 24.5 Å². The van der Waals surface area contributed by atoms with Crippen LogP contribution in [0.1, 0.15) is 39.2 Å². The number of hydrogen-bond acceptors (Lipinski definition) is 4. The number of carbonyl (C=O) groups is 1. The van der Waals surface area contributed by atoms with Gasteiger partial charge in [0.25, 0.3) is 5.91 Å². The fraction of sp³-hybridized carbons (Fsp3) is 0.444. The normalized spacial score (nSPS) is 16.5. The largest absolute Gasteiger partial charge is 0.372 e. The Balaban J connectivity index is 2.13. The van der Waals surface area contributed by atoms with Crippen LogP contribution in [0.3, 0.4) is 0 Å². The molecule has 0 atom stereocenters. The van der Waals surface area contributed by atoms with Crippen LogP contribution in [-0.4, -0.2) is 34.8 Å². The van der Waals surface area contributed by atoms with Crippen LogP contribution in [0, 0.1) is 0 Å². The van der Waals surface area contributed by atoms with E-state index in [1.807, 2.05) is 6.08 Å². The minimum Gasteiger partial charge on any atom is -0.372 e. The number of carbonyl (C=O) groups excluding carboxylic acids is 1. The molecule has 0 radical (unpaired) electrons. The smallest absolute Gasteiger partial charge is 0.266 e. The predicted octanol–water partition coefficient (Wildman–Crippen LogP) is 4.53. The van der Waals surface area contributed by atoms with Crippen molar-refractivity contribution in [3.8, 4) is 0 Å². The first kappa shape index (κ1) is 18.0. The predicted molar refractivity (Wildman–Crippen MR) is 105 cm³/mol. The topological polar surface area (TPSA) is 23.6 Å². The third kappa shape index (κ3) is 4.36. The van der Waals surface area contributed by atoms with E-state index in [0.29, 0.717) is 4.32 Å². The summed E-state index contributed by atoms with van der Waals surface area (Å²) in [7, 11) is 0. The lowest BCUT2D eigenvalue weighted by atomic mass is 10.1. The van der Waals surface area contributed by atoms with E-state index < -0.39 is 0 Å². The van der Waals surface area contributed by atoms with Gasteiger partial charge in [0.05, 0.1) is 4.91 Å². The van der Waals surface area contributed by atoms with E-state index in [2.05, 4.69) is 49.9 Å². The highest BCUT2D eigenvalue weighted by Gasteiger charge is 2.31. The van der Waals surface area contributed by atoms with Gasteiger partial charge in [-0.15, -0.1) is 0 Å². The van der Waals surface area contributed by atoms with Gasteiger partial charge in [-0.3, -0.25) is 9.69 Å². The number of thioether (sulfide) groups is 1. The highest BCUT2D eigenvalue weighted by Crippen LogP contribution is 2.32. The van der Waals surface area contributed by atoms with Crippen molar-refractivity contribution in [2.45, 2.75) is 33.6 Å². The Morgan fingerprint density at radius 3 is 2.39 bits per heavy atom. The average molecular weight is 349 g/mol. The van der Waals surface area contributed by atoms with Gasteiger partial charge in [0.15, 0.2) is 0 Å². The summed E-state index contributed by atoms with van der Waals surface area (Å²) in [6.45, 7) is 9.13. The van der Waals surface area contributed by atoms with Gasteiger partial charge in [-0.1, -0.05) is 49.5 Å². The summed E-state index contributed by atoms with van der Waals surface area (Å²) in [6, 6.07) is 8.34. The lowest BCUT2D eigenvalue weighted by Gasteiger charge is -2.20. The zero-order valence-corrected chi connectivity index (χ0v) is 15.7. The third-order valence-corrected chi connectivity index (χ3v) is 5.31. The monoisotopic (exact) mass is 348 g/mol. The maximum atomic E-state index is 12.4. The van der Waals surface area contributed by atoms with E-state index in [-0.39, 0.29) is 5.91 Å². The van der Waals surface area contributed by atoms with E-state index >= 15 is 0 Å². The maximum absolute atomic E-state index is 12.4. The minimum absolute atomic E-state index is 0.0428. The maximum Gasteiger partial charge on any atom is 0.266 e. The quantitative estimate of drug-likeness (QED) is 0.533. The molecule has 1 heterocycles. The number of thiocarbonyl (C=S) groups is 1. The molecule has 0 aromatic heterocycles. The molecule has 1 amide bonds. The van der Waals surface area contributed by atoms with Gasteiger partial charge in [-0.2, -0.15) is 0 Å². The number of benzene rings is 1. The van der Waals surface area contributed by atoms with E-state index in [9.17, 15) is 4.79 Å². The van der Waals surface area contributed by atoms with Crippen molar-refractivity contribution in [1.29, 1.82) is 0 Å². The Labute approximate surface area is 148 Å². The second-order valence-corrected chi connectivity index (χ2v) is 7.13. The molecule has 1 aliphatic rings. The molecule has 2 rings (SSSR count). The summed E-state index contributed by atoms with van der Waals surface area (Å²) in [5.41, 5.74) is 2.25. The molecule has 0 aliphatic carbocycles. The Hall–Kier alpha value is -1.33. The number of anilines is 1. The molecule has 5 heteroatoms. The van der Waals surface area contributed by atoms with Crippen molar-refractivity contribution in [1.82, 2.24) is 4.90 Å². The van der Waals surface area contributed by atoms with E-state index in [0.717, 1.165) is 42.9 Å². The first-order valence-corrected chi connectivity index (χ1v) is 9.43. The van der Waals surface area contributed by atoms with Gasteiger partial charge in [0.1, 0.15) is 4.32 Å². The molecule has 1 aromatic carbocycles. The van der Waals surface area contributed by atoms with Crippen LogP contribution in [0.2, 0.25) is 0 Å². The van der Waals surface area contributed by atoms with Gasteiger partial charge in [0, 0.05) is 25.3 Å². The molecule has 23 heavy (non-hydrogen) atoms. The van der Waals surface area contributed by atoms with E-state index in [4.69, 9.17) is 12.2 Å². The summed E-state index contributed by atoms with van der Waals surface area (Å²) < 4.78 is 0.675. The highest BCUT2D eigenvalue weighted by molar-refractivity contribution is 8.26. The fourth-order valence-electron chi connectivity index (χ4n) is 2.53. The molecule has 0 bridgehead atoms. The fourth-order valence-corrected chi connectivity index (χ4v) is 3.84. The van der Waals surface area contributed by atoms with Crippen LogP contribution < -0.4 is 4.90 Å². The molecular weight excluding hydrogens is 324 g/mol. The van der Waals surface area contributed by atoms with Crippen molar-refractivity contribution >= 4 is 46.0 Å². The van der Waals surface area contributed by atoms with E-state index in [1.165, 1.54) is 17.4 Å². The average Bonchev–Trinajstić information content (AvgIpc) is 2.82. The molecule has 0 N–H and O–H groups in total. The molecule has 1 saturated heterocycles. The zero-order valence-electron chi connectivity index (χ0n) is 14.0. The summed E-state index contributed by atoms with van der Waals surface area (Å²) >= 11 is 6.74. The number of rotatable bonds is 7. The molecule has 1 fully saturated rings. The van der Waals surface area contributed by atoms with Crippen molar-refractivity contribution in [3.05, 3.63) is 34.7 Å². The summed E-state index contributed by atoms with van der Waals surface area (Å²) in [5, 5.41) is 0. The Bertz CT molecular complexity index is 592. The SMILES string of the molecule is CCCCN1C(=O)/C(=C/c2ccc(N(CC)CC)cc2)SC1=S. The second-order valence-electron chi connectivity index (χ2n) is 5.45. The zero-order chi connectivity index (χ0) is 16.8. The summed E-state index contributed by atoms with van der Waals surface area (Å²) in [5.74, 6) is 0.0428. The highest BCUT2D eigenvalue weighted by atomic mass is 32.2. The molecule has 1 aromatic rings. The van der Waals surface area contributed by atoms with Crippen LogP contribution in [0.5, 0.6) is 0 Å². The third-order valence-electron chi connectivity index (χ3n) is 3.93. The van der Waals surface area contributed by atoms with Crippen molar-refractivity contribution in [3.63, 3.8) is 0 Å². The summed E-state index contributed by atoms with van der Waals surface area (Å²) in [4.78, 5) is 17.2. The van der Waals surface area contributed by atoms with Gasteiger partial charge < -0.3 is 4.90 Å². The van der Waals surface area contributed by atoms with Gasteiger partial charge in [-0.25, -0.2) is 0 Å². The molecule has 124 valence electrons. The lowest BCUT2D eigenvalue weighted by molar-refractivity contribution is -0.122. The molecule has 1 aliphatic heterocycles. The van der Waals surface area contributed by atoms with Crippen LogP contribution in [0.15, 0.2) is 29.2 Å². The molecule has 0 saturated carbocycles. The Kier molecular flexibility index (Phi) is 6.66. The van der Waals surface area contributed by atoms with Gasteiger partial charge in [-0.05, 0) is 44.0 Å². The van der Waals surface area contributed by atoms with Crippen molar-refractivity contribution in [2.24, 2.45) is 0 Å². The van der Waals surface area contributed by atoms with Gasteiger partial charge >= 0.3 is 0 Å². The standard InChI is InChI=1S/C18H24N2OS2/c1-4-7-12-20-17(21)16(23-18(20)22)13-14-8-10-15(11-9-14)19(5-2)6-3/h8-11,13H,4-7,12H2,1-3H3/b16-13-. The molecule has 0 spiro atoms. The van der Waals surface area contributed by atoms with Crippen molar-refractivity contribution < 1.29 is 4.79 Å². The van der Waals surface area contributed by atoms with Gasteiger partial charge in [0.2, 0.25) is 0 Å². The number of unbranched alkanes of at least 4 members (excludes halogenated alkanes) is 1. The number of amides is 1. The molecule has 0 unspecified atom stereocenters. The van der Waals surface area contributed by atoms with E-state index in [1.54, 1.807) is 4.90 Å². The number of hydrogen-bond donors (Lipinski definition) is 0. The minimum atomic E-state index is 0.0428.